The molecule has 0 aromatic carbocycles. The van der Waals surface area contributed by atoms with Crippen LogP contribution in [0.1, 0.15) is 11.4 Å². The van der Waals surface area contributed by atoms with Gasteiger partial charge < -0.3 is 15.6 Å². The average molecular weight is 245 g/mol. The van der Waals surface area contributed by atoms with Crippen molar-refractivity contribution in [1.82, 2.24) is 25.6 Å². The fraction of sp³-hybridized carbons (Fsp3) is 0.417. The Kier molecular flexibility index (Phi) is 2.71. The quantitative estimate of drug-likeness (QED) is 0.690. The van der Waals surface area contributed by atoms with Crippen LogP contribution in [0.15, 0.2) is 12.3 Å². The Bertz CT molecular complexity index is 591. The molecule has 3 rings (SSSR count). The van der Waals surface area contributed by atoms with Crippen LogP contribution in [-0.2, 0) is 11.2 Å². The van der Waals surface area contributed by atoms with Crippen molar-refractivity contribution >= 4 is 17.1 Å². The van der Waals surface area contributed by atoms with Crippen LogP contribution in [0.3, 0.4) is 0 Å². The highest BCUT2D eigenvalue weighted by molar-refractivity contribution is 5.83. The first-order valence-corrected chi connectivity index (χ1v) is 6.05. The van der Waals surface area contributed by atoms with Gasteiger partial charge in [-0.2, -0.15) is 0 Å². The van der Waals surface area contributed by atoms with Crippen LogP contribution in [0.25, 0.3) is 11.2 Å². The van der Waals surface area contributed by atoms with Crippen LogP contribution in [-0.4, -0.2) is 40.0 Å². The van der Waals surface area contributed by atoms with Gasteiger partial charge in [-0.25, -0.2) is 9.97 Å². The van der Waals surface area contributed by atoms with E-state index in [0.29, 0.717) is 18.6 Å². The molecule has 6 heteroatoms. The maximum absolute atomic E-state index is 11.6. The normalized spacial score (nSPS) is 20.1. The predicted octanol–water partition coefficient (Wildman–Crippen LogP) is -0.103. The van der Waals surface area contributed by atoms with E-state index in [1.807, 2.05) is 13.0 Å². The molecule has 1 unspecified atom stereocenters. The maximum atomic E-state index is 11.6. The summed E-state index contributed by atoms with van der Waals surface area (Å²) in [5.74, 6) is 0.827. The van der Waals surface area contributed by atoms with Gasteiger partial charge in [0.15, 0.2) is 5.65 Å². The summed E-state index contributed by atoms with van der Waals surface area (Å²) < 4.78 is 0. The summed E-state index contributed by atoms with van der Waals surface area (Å²) in [6.45, 7) is 3.50. The first kappa shape index (κ1) is 11.2. The number of aromatic amines is 1. The fourth-order valence-electron chi connectivity index (χ4n) is 2.19. The van der Waals surface area contributed by atoms with Crippen LogP contribution in [0.2, 0.25) is 0 Å². The highest BCUT2D eigenvalue weighted by Crippen LogP contribution is 2.14. The van der Waals surface area contributed by atoms with Gasteiger partial charge in [0.2, 0.25) is 5.91 Å². The summed E-state index contributed by atoms with van der Waals surface area (Å²) in [6, 6.07) is 1.73. The van der Waals surface area contributed by atoms with Crippen molar-refractivity contribution in [3.8, 4) is 0 Å². The average Bonchev–Trinajstić information content (AvgIpc) is 2.76. The Morgan fingerprint density at radius 3 is 3.11 bits per heavy atom. The monoisotopic (exact) mass is 245 g/mol. The van der Waals surface area contributed by atoms with E-state index in [2.05, 4.69) is 25.6 Å². The lowest BCUT2D eigenvalue weighted by Crippen LogP contribution is -2.53. The van der Waals surface area contributed by atoms with Gasteiger partial charge in [-0.05, 0) is 18.6 Å². The molecule has 1 fully saturated rings. The van der Waals surface area contributed by atoms with Gasteiger partial charge in [0.1, 0.15) is 5.82 Å². The number of hydrogen-bond donors (Lipinski definition) is 3. The third kappa shape index (κ3) is 1.95. The first-order valence-electron chi connectivity index (χ1n) is 6.05. The minimum absolute atomic E-state index is 0.0337. The molecule has 18 heavy (non-hydrogen) atoms. The predicted molar refractivity (Wildman–Crippen MR) is 67.1 cm³/mol. The van der Waals surface area contributed by atoms with E-state index in [9.17, 15) is 4.79 Å². The number of aryl methyl sites for hydroxylation is 1. The second-order valence-electron chi connectivity index (χ2n) is 4.51. The van der Waals surface area contributed by atoms with Gasteiger partial charge in [-0.15, -0.1) is 0 Å². The number of hydrogen-bond acceptors (Lipinski definition) is 4. The summed E-state index contributed by atoms with van der Waals surface area (Å²) in [6.07, 6.45) is 2.30. The lowest BCUT2D eigenvalue weighted by molar-refractivity contribution is -0.124. The Balaban J connectivity index is 1.86. The van der Waals surface area contributed by atoms with Crippen LogP contribution in [0, 0.1) is 6.92 Å². The van der Waals surface area contributed by atoms with E-state index in [0.717, 1.165) is 23.4 Å². The van der Waals surface area contributed by atoms with Crippen LogP contribution >= 0.6 is 0 Å². The van der Waals surface area contributed by atoms with E-state index < -0.39 is 0 Å². The number of piperazine rings is 1. The van der Waals surface area contributed by atoms with Crippen molar-refractivity contribution < 1.29 is 4.79 Å². The lowest BCUT2D eigenvalue weighted by atomic mass is 10.1. The minimum Gasteiger partial charge on any atom is -0.353 e. The summed E-state index contributed by atoms with van der Waals surface area (Å²) in [4.78, 5) is 23.5. The van der Waals surface area contributed by atoms with Crippen molar-refractivity contribution in [1.29, 1.82) is 0 Å². The molecule has 3 heterocycles. The molecule has 0 aliphatic carbocycles. The van der Waals surface area contributed by atoms with Gasteiger partial charge in [0, 0.05) is 25.7 Å². The highest BCUT2D eigenvalue weighted by Gasteiger charge is 2.23. The molecule has 1 atom stereocenters. The number of H-pyrrole nitrogens is 1. The van der Waals surface area contributed by atoms with Gasteiger partial charge in [-0.1, -0.05) is 0 Å². The third-order valence-corrected chi connectivity index (χ3v) is 3.18. The van der Waals surface area contributed by atoms with E-state index in [-0.39, 0.29) is 11.9 Å². The molecule has 2 aromatic heterocycles. The zero-order valence-corrected chi connectivity index (χ0v) is 10.2. The van der Waals surface area contributed by atoms with Crippen molar-refractivity contribution in [3.05, 3.63) is 23.7 Å². The number of pyridine rings is 1. The van der Waals surface area contributed by atoms with Crippen LogP contribution in [0.5, 0.6) is 0 Å². The highest BCUT2D eigenvalue weighted by atomic mass is 16.2. The van der Waals surface area contributed by atoms with E-state index >= 15 is 0 Å². The molecule has 1 aliphatic rings. The van der Waals surface area contributed by atoms with Crippen molar-refractivity contribution in [3.63, 3.8) is 0 Å². The number of fused-ring (bicyclic) bond motifs is 1. The van der Waals surface area contributed by atoms with E-state index in [1.54, 1.807) is 6.20 Å². The van der Waals surface area contributed by atoms with Gasteiger partial charge in [0.25, 0.3) is 0 Å². The lowest BCUT2D eigenvalue weighted by Gasteiger charge is -2.22. The second kappa shape index (κ2) is 4.38. The molecule has 0 radical (unpaired) electrons. The molecule has 2 aromatic rings. The molecule has 94 valence electrons. The largest absolute Gasteiger partial charge is 0.353 e. The number of nitrogens with zero attached hydrogens (tertiary/aromatic N) is 2. The van der Waals surface area contributed by atoms with Crippen molar-refractivity contribution in [2.45, 2.75) is 19.4 Å². The van der Waals surface area contributed by atoms with E-state index in [1.165, 1.54) is 0 Å². The molecule has 1 amide bonds. The van der Waals surface area contributed by atoms with Crippen LogP contribution in [0.4, 0.5) is 0 Å². The fourth-order valence-corrected chi connectivity index (χ4v) is 2.19. The number of imidazole rings is 1. The zero-order valence-electron chi connectivity index (χ0n) is 10.2. The van der Waals surface area contributed by atoms with E-state index in [4.69, 9.17) is 0 Å². The summed E-state index contributed by atoms with van der Waals surface area (Å²) in [5.41, 5.74) is 2.77. The molecule has 0 saturated carbocycles. The van der Waals surface area contributed by atoms with Crippen LogP contribution < -0.4 is 10.6 Å². The molecular weight excluding hydrogens is 230 g/mol. The second-order valence-corrected chi connectivity index (χ2v) is 4.51. The standard InChI is InChI=1S/C12H15N5O/c1-7-2-3-14-11-10(7)16-9(17-11)6-8-12(18)15-5-4-13-8/h2-3,8,13H,4-6H2,1H3,(H,15,18)(H,14,16,17). The number of carbonyl (C=O) groups is 1. The Morgan fingerprint density at radius 2 is 2.33 bits per heavy atom. The summed E-state index contributed by atoms with van der Waals surface area (Å²) in [5, 5.41) is 6.02. The Hall–Kier alpha value is -1.95. The maximum Gasteiger partial charge on any atom is 0.237 e. The molecule has 3 N–H and O–H groups in total. The molecule has 1 aliphatic heterocycles. The molecule has 0 bridgehead atoms. The SMILES string of the molecule is Cc1ccnc2nc(CC3NCCNC3=O)[nH]c12. The number of carbonyl (C=O) groups excluding carboxylic acids is 1. The summed E-state index contributed by atoms with van der Waals surface area (Å²) >= 11 is 0. The first-order chi connectivity index (χ1) is 8.74. The van der Waals surface area contributed by atoms with Gasteiger partial charge >= 0.3 is 0 Å². The Labute approximate surface area is 104 Å². The smallest absolute Gasteiger partial charge is 0.237 e. The number of rotatable bonds is 2. The molecular formula is C12H15N5O. The van der Waals surface area contributed by atoms with Crippen molar-refractivity contribution in [2.75, 3.05) is 13.1 Å². The number of nitrogens with one attached hydrogen (secondary N) is 3. The van der Waals surface area contributed by atoms with Crippen molar-refractivity contribution in [2.24, 2.45) is 0 Å². The summed E-state index contributed by atoms with van der Waals surface area (Å²) in [7, 11) is 0. The number of aromatic nitrogens is 3. The number of amides is 1. The molecule has 6 nitrogen and oxygen atoms in total. The zero-order chi connectivity index (χ0) is 12.5. The van der Waals surface area contributed by atoms with Gasteiger partial charge in [0.05, 0.1) is 11.6 Å². The topological polar surface area (TPSA) is 82.7 Å². The minimum atomic E-state index is -0.209. The molecule has 1 saturated heterocycles. The third-order valence-electron chi connectivity index (χ3n) is 3.18. The molecule has 0 spiro atoms. The van der Waals surface area contributed by atoms with Gasteiger partial charge in [-0.3, -0.25) is 4.79 Å². The Morgan fingerprint density at radius 1 is 1.44 bits per heavy atom.